The summed E-state index contributed by atoms with van der Waals surface area (Å²) in [7, 11) is 4.04. The van der Waals surface area contributed by atoms with E-state index in [4.69, 9.17) is 0 Å². The van der Waals surface area contributed by atoms with Gasteiger partial charge in [-0.1, -0.05) is 0 Å². The van der Waals surface area contributed by atoms with Crippen molar-refractivity contribution in [3.8, 4) is 0 Å². The molecule has 1 amide bonds. The summed E-state index contributed by atoms with van der Waals surface area (Å²) in [6.45, 7) is 9.37. The lowest BCUT2D eigenvalue weighted by molar-refractivity contribution is -0.136. The fourth-order valence-corrected chi connectivity index (χ4v) is 3.14. The van der Waals surface area contributed by atoms with Gasteiger partial charge >= 0.3 is 0 Å². The average Bonchev–Trinajstić information content (AvgIpc) is 2.53. The first-order valence-corrected chi connectivity index (χ1v) is 8.16. The predicted molar refractivity (Wildman–Crippen MR) is 90.1 cm³/mol. The van der Waals surface area contributed by atoms with Crippen molar-refractivity contribution < 1.29 is 4.79 Å². The molecule has 0 bridgehead atoms. The van der Waals surface area contributed by atoms with Crippen molar-refractivity contribution in [1.82, 2.24) is 14.8 Å². The number of carbonyl (C=O) groups is 1. The summed E-state index contributed by atoms with van der Waals surface area (Å²) in [5, 5.41) is 0. The van der Waals surface area contributed by atoms with Gasteiger partial charge in [0.05, 0.1) is 6.04 Å². The molecule has 1 aliphatic rings. The smallest absolute Gasteiger partial charge is 0.239 e. The van der Waals surface area contributed by atoms with Gasteiger partial charge in [0.1, 0.15) is 5.82 Å². The molecule has 0 unspecified atom stereocenters. The number of amides is 1. The van der Waals surface area contributed by atoms with Crippen molar-refractivity contribution in [1.29, 1.82) is 0 Å². The van der Waals surface area contributed by atoms with E-state index < -0.39 is 0 Å². The zero-order valence-corrected chi connectivity index (χ0v) is 14.5. The van der Waals surface area contributed by atoms with Gasteiger partial charge in [0.15, 0.2) is 0 Å². The largest absolute Gasteiger partial charge is 0.362 e. The highest BCUT2D eigenvalue weighted by atomic mass is 16.2. The first-order valence-electron chi connectivity index (χ1n) is 8.16. The van der Waals surface area contributed by atoms with Gasteiger partial charge in [-0.05, 0) is 38.8 Å². The minimum atomic E-state index is -0.0803. The second-order valence-electron chi connectivity index (χ2n) is 6.07. The van der Waals surface area contributed by atoms with Crippen molar-refractivity contribution in [2.75, 3.05) is 38.6 Å². The Bertz CT molecular complexity index is 525. The second-order valence-corrected chi connectivity index (χ2v) is 6.07. The standard InChI is InChI=1S/C17H28N4O/c1-6-20(7-2)17(22)13(3)21-11-9-14-8-10-18-16(19(4)5)15(14)12-21/h8,10,13H,6-7,9,11-12H2,1-5H3/t13-/m0/s1. The Morgan fingerprint density at radius 1 is 1.36 bits per heavy atom. The van der Waals surface area contributed by atoms with Crippen LogP contribution in [0.5, 0.6) is 0 Å². The van der Waals surface area contributed by atoms with Gasteiger partial charge in [0.2, 0.25) is 5.91 Å². The Labute approximate surface area is 133 Å². The number of aromatic nitrogens is 1. The Balaban J connectivity index is 2.19. The summed E-state index contributed by atoms with van der Waals surface area (Å²) < 4.78 is 0. The highest BCUT2D eigenvalue weighted by molar-refractivity contribution is 5.81. The molecule has 2 heterocycles. The van der Waals surface area contributed by atoms with Gasteiger partial charge in [0, 0.05) is 52.0 Å². The number of pyridine rings is 1. The molecule has 1 aliphatic heterocycles. The SMILES string of the molecule is CCN(CC)C(=O)[C@H](C)N1CCc2ccnc(N(C)C)c2C1. The molecule has 1 aromatic heterocycles. The van der Waals surface area contributed by atoms with E-state index in [0.29, 0.717) is 0 Å². The maximum Gasteiger partial charge on any atom is 0.239 e. The molecule has 0 N–H and O–H groups in total. The number of anilines is 1. The van der Waals surface area contributed by atoms with Crippen LogP contribution in [0.1, 0.15) is 31.9 Å². The summed E-state index contributed by atoms with van der Waals surface area (Å²) >= 11 is 0. The molecule has 0 saturated carbocycles. The minimum Gasteiger partial charge on any atom is -0.362 e. The summed E-state index contributed by atoms with van der Waals surface area (Å²) in [6.07, 6.45) is 2.86. The van der Waals surface area contributed by atoms with E-state index in [1.54, 1.807) is 0 Å². The fourth-order valence-electron chi connectivity index (χ4n) is 3.14. The van der Waals surface area contributed by atoms with Gasteiger partial charge in [-0.25, -0.2) is 4.98 Å². The molecule has 0 fully saturated rings. The predicted octanol–water partition coefficient (Wildman–Crippen LogP) is 1.76. The van der Waals surface area contributed by atoms with Crippen LogP contribution in [-0.4, -0.2) is 60.5 Å². The molecule has 5 heteroatoms. The molecule has 0 spiro atoms. The summed E-state index contributed by atoms with van der Waals surface area (Å²) in [6, 6.07) is 2.03. The number of fused-ring (bicyclic) bond motifs is 1. The average molecular weight is 304 g/mol. The summed E-state index contributed by atoms with van der Waals surface area (Å²) in [5.74, 6) is 1.24. The van der Waals surface area contributed by atoms with E-state index >= 15 is 0 Å². The molecule has 1 atom stereocenters. The quantitative estimate of drug-likeness (QED) is 0.831. The Morgan fingerprint density at radius 2 is 2.05 bits per heavy atom. The molecule has 22 heavy (non-hydrogen) atoms. The van der Waals surface area contributed by atoms with Crippen LogP contribution in [-0.2, 0) is 17.8 Å². The molecule has 2 rings (SSSR count). The van der Waals surface area contributed by atoms with E-state index in [1.807, 2.05) is 46.0 Å². The minimum absolute atomic E-state index is 0.0803. The zero-order valence-electron chi connectivity index (χ0n) is 14.5. The Morgan fingerprint density at radius 3 is 2.64 bits per heavy atom. The lowest BCUT2D eigenvalue weighted by atomic mass is 9.99. The molecule has 122 valence electrons. The van der Waals surface area contributed by atoms with E-state index in [1.165, 1.54) is 11.1 Å². The number of hydrogen-bond donors (Lipinski definition) is 0. The van der Waals surface area contributed by atoms with Crippen LogP contribution in [0.2, 0.25) is 0 Å². The van der Waals surface area contributed by atoms with Crippen LogP contribution >= 0.6 is 0 Å². The van der Waals surface area contributed by atoms with Crippen molar-refractivity contribution in [2.45, 2.75) is 39.8 Å². The van der Waals surface area contributed by atoms with E-state index in [-0.39, 0.29) is 11.9 Å². The van der Waals surface area contributed by atoms with E-state index in [0.717, 1.165) is 38.4 Å². The molecular weight excluding hydrogens is 276 g/mol. The number of hydrogen-bond acceptors (Lipinski definition) is 4. The maximum atomic E-state index is 12.6. The lowest BCUT2D eigenvalue weighted by Gasteiger charge is -2.36. The van der Waals surface area contributed by atoms with Crippen molar-refractivity contribution in [3.63, 3.8) is 0 Å². The van der Waals surface area contributed by atoms with E-state index in [2.05, 4.69) is 20.9 Å². The highest BCUT2D eigenvalue weighted by Crippen LogP contribution is 2.27. The monoisotopic (exact) mass is 304 g/mol. The van der Waals surface area contributed by atoms with Crippen molar-refractivity contribution >= 4 is 11.7 Å². The highest BCUT2D eigenvalue weighted by Gasteiger charge is 2.29. The Hall–Kier alpha value is -1.62. The normalized spacial score (nSPS) is 16.0. The van der Waals surface area contributed by atoms with E-state index in [9.17, 15) is 4.79 Å². The Kier molecular flexibility index (Phi) is 5.40. The lowest BCUT2D eigenvalue weighted by Crippen LogP contribution is -2.48. The third-order valence-electron chi connectivity index (χ3n) is 4.56. The van der Waals surface area contributed by atoms with Crippen LogP contribution < -0.4 is 4.90 Å². The third-order valence-corrected chi connectivity index (χ3v) is 4.56. The van der Waals surface area contributed by atoms with Crippen LogP contribution in [0.15, 0.2) is 12.3 Å². The molecule has 0 saturated heterocycles. The molecule has 0 radical (unpaired) electrons. The second kappa shape index (κ2) is 7.09. The van der Waals surface area contributed by atoms with Gasteiger partial charge in [-0.3, -0.25) is 9.69 Å². The fraction of sp³-hybridized carbons (Fsp3) is 0.647. The van der Waals surface area contributed by atoms with Crippen molar-refractivity contribution in [2.24, 2.45) is 0 Å². The number of nitrogens with zero attached hydrogens (tertiary/aromatic N) is 4. The molecular formula is C17H28N4O. The molecule has 0 aromatic carbocycles. The number of likely N-dealkylation sites (N-methyl/N-ethyl adjacent to an activating group) is 1. The summed E-state index contributed by atoms with van der Waals surface area (Å²) in [5.41, 5.74) is 2.62. The number of rotatable bonds is 5. The molecule has 0 aliphatic carbocycles. The first kappa shape index (κ1) is 16.7. The van der Waals surface area contributed by atoms with Crippen LogP contribution in [0, 0.1) is 0 Å². The van der Waals surface area contributed by atoms with Gasteiger partial charge in [0.25, 0.3) is 0 Å². The first-order chi connectivity index (χ1) is 10.5. The number of carbonyl (C=O) groups excluding carboxylic acids is 1. The van der Waals surface area contributed by atoms with Crippen molar-refractivity contribution in [3.05, 3.63) is 23.4 Å². The van der Waals surface area contributed by atoms with Gasteiger partial charge in [-0.2, -0.15) is 0 Å². The third kappa shape index (κ3) is 3.24. The van der Waals surface area contributed by atoms with Crippen LogP contribution in [0.25, 0.3) is 0 Å². The maximum absolute atomic E-state index is 12.6. The van der Waals surface area contributed by atoms with Crippen LogP contribution in [0.3, 0.4) is 0 Å². The van der Waals surface area contributed by atoms with Crippen LogP contribution in [0.4, 0.5) is 5.82 Å². The van der Waals surface area contributed by atoms with Gasteiger partial charge in [-0.15, -0.1) is 0 Å². The van der Waals surface area contributed by atoms with Gasteiger partial charge < -0.3 is 9.80 Å². The molecule has 1 aromatic rings. The summed E-state index contributed by atoms with van der Waals surface area (Å²) in [4.78, 5) is 23.3. The zero-order chi connectivity index (χ0) is 16.3. The molecule has 5 nitrogen and oxygen atoms in total. The topological polar surface area (TPSA) is 39.7 Å².